The van der Waals surface area contributed by atoms with E-state index in [0.29, 0.717) is 11.3 Å². The van der Waals surface area contributed by atoms with Crippen LogP contribution >= 0.6 is 11.6 Å². The van der Waals surface area contributed by atoms with Crippen LogP contribution in [-0.4, -0.2) is 25.7 Å². The quantitative estimate of drug-likeness (QED) is 0.308. The molecule has 0 fully saturated rings. The summed E-state index contributed by atoms with van der Waals surface area (Å²) in [5.41, 5.74) is -0.240. The summed E-state index contributed by atoms with van der Waals surface area (Å²) in [6.07, 6.45) is 6.69. The summed E-state index contributed by atoms with van der Waals surface area (Å²) in [6, 6.07) is 8.50. The number of benzene rings is 1. The van der Waals surface area contributed by atoms with E-state index >= 15 is 8.78 Å². The molecule has 3 rings (SSSR count). The smallest absolute Gasteiger partial charge is 0.273 e. The minimum Gasteiger partial charge on any atom is -0.284 e. The van der Waals surface area contributed by atoms with Gasteiger partial charge in [0.1, 0.15) is 22.4 Å². The molecular formula is C27H25ClF3N3O2S. The van der Waals surface area contributed by atoms with Gasteiger partial charge in [0.05, 0.1) is 27.6 Å². The number of hydrogen-bond donors (Lipinski definition) is 0. The molecule has 0 aliphatic heterocycles. The Hall–Kier alpha value is -3.30. The van der Waals surface area contributed by atoms with Crippen molar-refractivity contribution >= 4 is 34.3 Å². The Bertz CT molecular complexity index is 1500. The molecule has 2 aromatic heterocycles. The van der Waals surface area contributed by atoms with Crippen molar-refractivity contribution in [2.45, 2.75) is 38.0 Å². The molecule has 1 aromatic carbocycles. The van der Waals surface area contributed by atoms with E-state index < -0.39 is 33.8 Å². The standard InChI is InChI=1S/C27H25ClF3N3O2S/c1-5-11-33-26(18-8-6-10-23(25(18)31)37(4)36)21(30)15-34-17(3)14-19(24(28)27(34)35)16(2)13-22-20(29)9-7-12-32-22/h5-12,14-16H,13H2,1-4H3/b11-5+,21-15-,33-26+/t16?,37-/m1/s1. The SMILES string of the molecule is C/C=C/N=C(/C(F)=C/n1c(C)cc(C(C)Cc2ncccc2F)c(Cl)c1=O)c1cccc([S@@](C)=O)c1F. The first-order chi connectivity index (χ1) is 17.6. The van der Waals surface area contributed by atoms with Gasteiger partial charge in [0.25, 0.3) is 5.56 Å². The van der Waals surface area contributed by atoms with Crippen LogP contribution in [0.3, 0.4) is 0 Å². The van der Waals surface area contributed by atoms with Gasteiger partial charge in [-0.2, -0.15) is 0 Å². The number of pyridine rings is 2. The van der Waals surface area contributed by atoms with Crippen LogP contribution in [0.25, 0.3) is 6.20 Å². The van der Waals surface area contributed by atoms with E-state index in [2.05, 4.69) is 9.98 Å². The second kappa shape index (κ2) is 12.3. The van der Waals surface area contributed by atoms with Crippen LogP contribution in [0.15, 0.2) is 75.4 Å². The lowest BCUT2D eigenvalue weighted by atomic mass is 9.95. The zero-order valence-corrected chi connectivity index (χ0v) is 22.2. The van der Waals surface area contributed by atoms with Gasteiger partial charge in [0.15, 0.2) is 5.83 Å². The van der Waals surface area contributed by atoms with Gasteiger partial charge >= 0.3 is 0 Å². The van der Waals surface area contributed by atoms with Gasteiger partial charge in [-0.3, -0.25) is 23.5 Å². The highest BCUT2D eigenvalue weighted by Gasteiger charge is 2.21. The van der Waals surface area contributed by atoms with Gasteiger partial charge in [0, 0.05) is 29.9 Å². The summed E-state index contributed by atoms with van der Waals surface area (Å²) in [5, 5.41) is -0.153. The van der Waals surface area contributed by atoms with E-state index in [1.807, 2.05) is 0 Å². The van der Waals surface area contributed by atoms with Crippen LogP contribution in [-0.2, 0) is 17.2 Å². The average molecular weight is 548 g/mol. The summed E-state index contributed by atoms with van der Waals surface area (Å²) in [7, 11) is -1.65. The minimum atomic E-state index is -1.65. The lowest BCUT2D eigenvalue weighted by Gasteiger charge is -2.16. The molecule has 0 amide bonds. The minimum absolute atomic E-state index is 0.0995. The summed E-state index contributed by atoms with van der Waals surface area (Å²) in [5.74, 6) is -2.70. The lowest BCUT2D eigenvalue weighted by Crippen LogP contribution is -2.22. The van der Waals surface area contributed by atoms with Gasteiger partial charge in [-0.15, -0.1) is 0 Å². The van der Waals surface area contributed by atoms with Crippen LogP contribution in [0.4, 0.5) is 13.2 Å². The molecule has 0 aliphatic rings. The van der Waals surface area contributed by atoms with Crippen molar-refractivity contribution in [3.63, 3.8) is 0 Å². The van der Waals surface area contributed by atoms with Crippen LogP contribution in [0, 0.1) is 18.6 Å². The number of nitrogens with zero attached hydrogens (tertiary/aromatic N) is 3. The van der Waals surface area contributed by atoms with Gasteiger partial charge < -0.3 is 0 Å². The second-order valence-electron chi connectivity index (χ2n) is 8.28. The van der Waals surface area contributed by atoms with Crippen LogP contribution in [0.2, 0.25) is 5.02 Å². The molecule has 0 saturated carbocycles. The highest BCUT2D eigenvalue weighted by Crippen LogP contribution is 2.27. The predicted molar refractivity (Wildman–Crippen MR) is 142 cm³/mol. The molecule has 10 heteroatoms. The van der Waals surface area contributed by atoms with Crippen LogP contribution < -0.4 is 5.56 Å². The molecule has 1 unspecified atom stereocenters. The molecule has 194 valence electrons. The lowest BCUT2D eigenvalue weighted by molar-refractivity contribution is 0.584. The van der Waals surface area contributed by atoms with Gasteiger partial charge in [0.2, 0.25) is 0 Å². The molecular weight excluding hydrogens is 523 g/mol. The Kier molecular flexibility index (Phi) is 9.39. The van der Waals surface area contributed by atoms with Crippen molar-refractivity contribution in [1.82, 2.24) is 9.55 Å². The third-order valence-electron chi connectivity index (χ3n) is 5.62. The Labute approximate surface area is 220 Å². The third kappa shape index (κ3) is 6.34. The molecule has 0 N–H and O–H groups in total. The van der Waals surface area contributed by atoms with E-state index in [1.165, 1.54) is 55.1 Å². The van der Waals surface area contributed by atoms with E-state index in [4.69, 9.17) is 11.6 Å². The van der Waals surface area contributed by atoms with Crippen LogP contribution in [0.1, 0.15) is 42.3 Å². The number of aliphatic imine (C=N–C) groups is 1. The largest absolute Gasteiger partial charge is 0.284 e. The van der Waals surface area contributed by atoms with Crippen molar-refractivity contribution in [3.8, 4) is 0 Å². The number of aryl methyl sites for hydroxylation is 1. The Balaban J connectivity index is 2.07. The second-order valence-corrected chi connectivity index (χ2v) is 10.0. The van der Waals surface area contributed by atoms with E-state index in [-0.39, 0.29) is 39.2 Å². The number of halogens is 4. The van der Waals surface area contributed by atoms with Gasteiger partial charge in [-0.25, -0.2) is 13.2 Å². The fourth-order valence-electron chi connectivity index (χ4n) is 3.73. The summed E-state index contributed by atoms with van der Waals surface area (Å²) in [6.45, 7) is 5.02. The Morgan fingerprint density at radius 1 is 1.27 bits per heavy atom. The van der Waals surface area contributed by atoms with Gasteiger partial charge in [-0.05, 0) is 62.1 Å². The average Bonchev–Trinajstić information content (AvgIpc) is 2.86. The molecule has 3 aromatic rings. The topological polar surface area (TPSA) is 64.3 Å². The van der Waals surface area contributed by atoms with E-state index in [1.54, 1.807) is 26.8 Å². The zero-order chi connectivity index (χ0) is 27.3. The maximum Gasteiger partial charge on any atom is 0.273 e. The number of aromatic nitrogens is 2. The van der Waals surface area contributed by atoms with Crippen LogP contribution in [0.5, 0.6) is 0 Å². The van der Waals surface area contributed by atoms with Crippen molar-refractivity contribution in [2.24, 2.45) is 4.99 Å². The fourth-order valence-corrected chi connectivity index (χ4v) is 4.70. The molecule has 0 spiro atoms. The zero-order valence-electron chi connectivity index (χ0n) is 20.6. The predicted octanol–water partition coefficient (Wildman–Crippen LogP) is 6.36. The van der Waals surface area contributed by atoms with Crippen molar-refractivity contribution < 1.29 is 17.4 Å². The summed E-state index contributed by atoms with van der Waals surface area (Å²) < 4.78 is 57.6. The molecule has 0 radical (unpaired) electrons. The molecule has 2 atom stereocenters. The van der Waals surface area contributed by atoms with Crippen molar-refractivity contribution in [2.75, 3.05) is 6.26 Å². The first-order valence-electron chi connectivity index (χ1n) is 11.3. The van der Waals surface area contributed by atoms with E-state index in [9.17, 15) is 13.4 Å². The van der Waals surface area contributed by atoms with Crippen molar-refractivity contribution in [1.29, 1.82) is 0 Å². The summed E-state index contributed by atoms with van der Waals surface area (Å²) in [4.78, 5) is 21.1. The maximum absolute atomic E-state index is 15.6. The normalized spacial score (nSPS) is 14.3. The molecule has 37 heavy (non-hydrogen) atoms. The highest BCUT2D eigenvalue weighted by atomic mass is 35.5. The van der Waals surface area contributed by atoms with E-state index in [0.717, 1.165) is 10.8 Å². The summed E-state index contributed by atoms with van der Waals surface area (Å²) >= 11 is 6.38. The first-order valence-corrected chi connectivity index (χ1v) is 13.2. The molecule has 0 aliphatic carbocycles. The maximum atomic E-state index is 15.6. The number of rotatable bonds is 8. The fraction of sp³-hybridized carbons (Fsp3) is 0.222. The molecule has 5 nitrogen and oxygen atoms in total. The monoisotopic (exact) mass is 547 g/mol. The number of hydrogen-bond acceptors (Lipinski definition) is 4. The third-order valence-corrected chi connectivity index (χ3v) is 6.93. The van der Waals surface area contributed by atoms with Gasteiger partial charge in [-0.1, -0.05) is 30.7 Å². The highest BCUT2D eigenvalue weighted by molar-refractivity contribution is 7.84. The Morgan fingerprint density at radius 3 is 2.65 bits per heavy atom. The number of allylic oxidation sites excluding steroid dienone is 2. The molecule has 0 bridgehead atoms. The molecule has 0 saturated heterocycles. The first kappa shape index (κ1) is 28.3. The Morgan fingerprint density at radius 2 is 2.00 bits per heavy atom. The van der Waals surface area contributed by atoms with Crippen molar-refractivity contribution in [3.05, 3.63) is 110 Å². The molecule has 2 heterocycles.